The van der Waals surface area contributed by atoms with Crippen LogP contribution in [0.2, 0.25) is 0 Å². The molecule has 0 unspecified atom stereocenters. The summed E-state index contributed by atoms with van der Waals surface area (Å²) < 4.78 is 0. The van der Waals surface area contributed by atoms with Gasteiger partial charge in [0.15, 0.2) is 0 Å². The van der Waals surface area contributed by atoms with Crippen molar-refractivity contribution in [3.63, 3.8) is 0 Å². The summed E-state index contributed by atoms with van der Waals surface area (Å²) in [5.41, 5.74) is 1.30. The Balaban J connectivity index is 2.85. The molecule has 0 saturated heterocycles. The molecular formula is C13H16NO3-. The lowest BCUT2D eigenvalue weighted by Crippen LogP contribution is -2.50. The molecule has 92 valence electrons. The molecular weight excluding hydrogens is 218 g/mol. The van der Waals surface area contributed by atoms with Gasteiger partial charge in [-0.3, -0.25) is 4.79 Å². The first-order valence-electron chi connectivity index (χ1n) is 5.51. The summed E-state index contributed by atoms with van der Waals surface area (Å²) in [6.45, 7) is 5.25. The van der Waals surface area contributed by atoms with Crippen molar-refractivity contribution >= 4 is 11.9 Å². The second kappa shape index (κ2) is 5.48. The van der Waals surface area contributed by atoms with Crippen LogP contribution in [0.25, 0.3) is 0 Å². The van der Waals surface area contributed by atoms with Crippen molar-refractivity contribution < 1.29 is 14.7 Å². The summed E-state index contributed by atoms with van der Waals surface area (Å²) in [5, 5.41) is 13.3. The van der Waals surface area contributed by atoms with Gasteiger partial charge in [0.1, 0.15) is 0 Å². The highest BCUT2D eigenvalue weighted by molar-refractivity contribution is 5.97. The van der Waals surface area contributed by atoms with Gasteiger partial charge in [-0.05, 0) is 24.5 Å². The van der Waals surface area contributed by atoms with Crippen LogP contribution in [0.1, 0.15) is 29.8 Å². The molecule has 4 nitrogen and oxygen atoms in total. The Labute approximate surface area is 101 Å². The van der Waals surface area contributed by atoms with E-state index >= 15 is 0 Å². The lowest BCUT2D eigenvalue weighted by atomic mass is 10.0. The SMILES string of the molecule is Cc1ccccc1C(=O)N[C@H](C(=O)[O-])C(C)C. The number of hydrogen-bond acceptors (Lipinski definition) is 3. The van der Waals surface area contributed by atoms with Gasteiger partial charge < -0.3 is 15.2 Å². The van der Waals surface area contributed by atoms with E-state index in [-0.39, 0.29) is 11.8 Å². The topological polar surface area (TPSA) is 69.2 Å². The highest BCUT2D eigenvalue weighted by Crippen LogP contribution is 2.08. The molecule has 1 amide bonds. The largest absolute Gasteiger partial charge is 0.548 e. The molecule has 0 spiro atoms. The number of nitrogens with one attached hydrogen (secondary N) is 1. The van der Waals surface area contributed by atoms with Gasteiger partial charge >= 0.3 is 0 Å². The summed E-state index contributed by atoms with van der Waals surface area (Å²) in [4.78, 5) is 22.7. The molecule has 1 aromatic carbocycles. The number of benzene rings is 1. The molecule has 0 aromatic heterocycles. The zero-order valence-electron chi connectivity index (χ0n) is 10.2. The lowest BCUT2D eigenvalue weighted by Gasteiger charge is -2.23. The van der Waals surface area contributed by atoms with Crippen LogP contribution in [0, 0.1) is 12.8 Å². The Morgan fingerprint density at radius 1 is 1.24 bits per heavy atom. The van der Waals surface area contributed by atoms with E-state index in [0.29, 0.717) is 5.56 Å². The second-order valence-corrected chi connectivity index (χ2v) is 4.33. The highest BCUT2D eigenvalue weighted by Gasteiger charge is 2.18. The molecule has 0 saturated carbocycles. The summed E-state index contributed by atoms with van der Waals surface area (Å²) in [7, 11) is 0. The van der Waals surface area contributed by atoms with Crippen LogP contribution >= 0.6 is 0 Å². The normalized spacial score (nSPS) is 12.2. The maximum absolute atomic E-state index is 11.9. The van der Waals surface area contributed by atoms with Crippen LogP contribution in [0.4, 0.5) is 0 Å². The van der Waals surface area contributed by atoms with E-state index in [4.69, 9.17) is 0 Å². The van der Waals surface area contributed by atoms with Crippen LogP contribution in [-0.4, -0.2) is 17.9 Å². The smallest absolute Gasteiger partial charge is 0.252 e. The quantitative estimate of drug-likeness (QED) is 0.824. The molecule has 17 heavy (non-hydrogen) atoms. The molecule has 0 bridgehead atoms. The van der Waals surface area contributed by atoms with Crippen molar-refractivity contribution in [2.24, 2.45) is 5.92 Å². The van der Waals surface area contributed by atoms with Crippen molar-refractivity contribution in [2.45, 2.75) is 26.8 Å². The lowest BCUT2D eigenvalue weighted by molar-refractivity contribution is -0.309. The third kappa shape index (κ3) is 3.31. The third-order valence-corrected chi connectivity index (χ3v) is 2.60. The minimum absolute atomic E-state index is 0.215. The van der Waals surface area contributed by atoms with Gasteiger partial charge in [-0.25, -0.2) is 0 Å². The predicted octanol–water partition coefficient (Wildman–Crippen LogP) is 0.499. The fourth-order valence-corrected chi connectivity index (χ4v) is 1.54. The van der Waals surface area contributed by atoms with Crippen molar-refractivity contribution in [1.82, 2.24) is 5.32 Å². The van der Waals surface area contributed by atoms with Crippen LogP contribution in [0.3, 0.4) is 0 Å². The summed E-state index contributed by atoms with van der Waals surface area (Å²) in [6.07, 6.45) is 0. The van der Waals surface area contributed by atoms with E-state index in [1.54, 1.807) is 39.0 Å². The fraction of sp³-hybridized carbons (Fsp3) is 0.385. The molecule has 0 aliphatic heterocycles. The maximum Gasteiger partial charge on any atom is 0.252 e. The van der Waals surface area contributed by atoms with Crippen molar-refractivity contribution in [1.29, 1.82) is 0 Å². The summed E-state index contributed by atoms with van der Waals surface area (Å²) >= 11 is 0. The van der Waals surface area contributed by atoms with Crippen LogP contribution in [-0.2, 0) is 4.79 Å². The molecule has 1 N–H and O–H groups in total. The zero-order valence-corrected chi connectivity index (χ0v) is 10.2. The van der Waals surface area contributed by atoms with Gasteiger partial charge in [0, 0.05) is 5.56 Å². The van der Waals surface area contributed by atoms with Crippen LogP contribution < -0.4 is 10.4 Å². The molecule has 1 rings (SSSR count). The molecule has 1 atom stereocenters. The average molecular weight is 234 g/mol. The Kier molecular flexibility index (Phi) is 4.26. The molecule has 1 aromatic rings. The molecule has 0 fully saturated rings. The summed E-state index contributed by atoms with van der Waals surface area (Å²) in [5.74, 6) is -1.86. The number of carboxylic acids is 1. The predicted molar refractivity (Wildman–Crippen MR) is 62.3 cm³/mol. The number of amides is 1. The Hall–Kier alpha value is -1.84. The number of aryl methyl sites for hydroxylation is 1. The van der Waals surface area contributed by atoms with E-state index in [0.717, 1.165) is 5.56 Å². The average Bonchev–Trinajstić information content (AvgIpc) is 2.25. The Morgan fingerprint density at radius 3 is 2.29 bits per heavy atom. The maximum atomic E-state index is 11.9. The fourth-order valence-electron chi connectivity index (χ4n) is 1.54. The van der Waals surface area contributed by atoms with Crippen molar-refractivity contribution in [2.75, 3.05) is 0 Å². The highest BCUT2D eigenvalue weighted by atomic mass is 16.4. The molecule has 0 radical (unpaired) electrons. The van der Waals surface area contributed by atoms with Crippen LogP contribution in [0.15, 0.2) is 24.3 Å². The number of carboxylic acid groups (broad SMARTS) is 1. The number of rotatable bonds is 4. The van der Waals surface area contributed by atoms with Gasteiger partial charge in [0.2, 0.25) is 0 Å². The molecule has 0 aliphatic rings. The van der Waals surface area contributed by atoms with Crippen molar-refractivity contribution in [3.8, 4) is 0 Å². The Bertz CT molecular complexity index is 426. The number of hydrogen-bond donors (Lipinski definition) is 1. The van der Waals surface area contributed by atoms with E-state index in [9.17, 15) is 14.7 Å². The Morgan fingerprint density at radius 2 is 1.82 bits per heavy atom. The number of carbonyl (C=O) groups is 2. The summed E-state index contributed by atoms with van der Waals surface area (Å²) in [6, 6.07) is 6.06. The third-order valence-electron chi connectivity index (χ3n) is 2.60. The monoisotopic (exact) mass is 234 g/mol. The molecule has 0 aliphatic carbocycles. The van der Waals surface area contributed by atoms with Crippen molar-refractivity contribution in [3.05, 3.63) is 35.4 Å². The first-order chi connectivity index (χ1) is 7.93. The second-order valence-electron chi connectivity index (χ2n) is 4.33. The van der Waals surface area contributed by atoms with Gasteiger partial charge in [-0.2, -0.15) is 0 Å². The van der Waals surface area contributed by atoms with Gasteiger partial charge in [-0.1, -0.05) is 32.0 Å². The minimum Gasteiger partial charge on any atom is -0.548 e. The molecule has 0 heterocycles. The molecule has 4 heteroatoms. The number of aliphatic carboxylic acids is 1. The zero-order chi connectivity index (χ0) is 13.0. The first kappa shape index (κ1) is 13.2. The van der Waals surface area contributed by atoms with E-state index < -0.39 is 12.0 Å². The van der Waals surface area contributed by atoms with E-state index in [2.05, 4.69) is 5.32 Å². The van der Waals surface area contributed by atoms with Crippen LogP contribution in [0.5, 0.6) is 0 Å². The van der Waals surface area contributed by atoms with E-state index in [1.807, 2.05) is 6.07 Å². The van der Waals surface area contributed by atoms with Gasteiger partial charge in [-0.15, -0.1) is 0 Å². The minimum atomic E-state index is -1.26. The van der Waals surface area contributed by atoms with Gasteiger partial charge in [0.05, 0.1) is 12.0 Å². The van der Waals surface area contributed by atoms with E-state index in [1.165, 1.54) is 0 Å². The standard InChI is InChI=1S/C13H17NO3/c1-8(2)11(13(16)17)14-12(15)10-7-5-4-6-9(10)3/h4-8,11H,1-3H3,(H,14,15)(H,16,17)/p-1/t11-/m0/s1. The number of carbonyl (C=O) groups excluding carboxylic acids is 2. The van der Waals surface area contributed by atoms with Gasteiger partial charge in [0.25, 0.3) is 5.91 Å². The first-order valence-corrected chi connectivity index (χ1v) is 5.51.